The number of nitrogens with one attached hydrogen (secondary N) is 1. The smallest absolute Gasteiger partial charge is 0.126 e. The van der Waals surface area contributed by atoms with Crippen LogP contribution < -0.4 is 5.32 Å². The van der Waals surface area contributed by atoms with Gasteiger partial charge in [0.1, 0.15) is 11.6 Å². The highest BCUT2D eigenvalue weighted by Gasteiger charge is 2.27. The summed E-state index contributed by atoms with van der Waals surface area (Å²) in [4.78, 5) is 0. The Bertz CT molecular complexity index is 445. The van der Waals surface area contributed by atoms with Crippen molar-refractivity contribution in [3.05, 3.63) is 35.4 Å². The lowest BCUT2D eigenvalue weighted by Gasteiger charge is -2.26. The predicted octanol–water partition coefficient (Wildman–Crippen LogP) is 4.87. The highest BCUT2D eigenvalue weighted by atomic mass is 19.1. The monoisotopic (exact) mass is 295 g/mol. The fourth-order valence-electron chi connectivity index (χ4n) is 3.39. The molecule has 1 fully saturated rings. The zero-order chi connectivity index (χ0) is 15.2. The van der Waals surface area contributed by atoms with Crippen molar-refractivity contribution >= 4 is 0 Å². The zero-order valence-electron chi connectivity index (χ0n) is 13.2. The number of hydrogen-bond acceptors (Lipinski definition) is 1. The molecule has 1 aliphatic rings. The normalized spacial score (nSPS) is 23.3. The zero-order valence-corrected chi connectivity index (χ0v) is 13.2. The predicted molar refractivity (Wildman–Crippen MR) is 83.4 cm³/mol. The molecule has 1 saturated carbocycles. The molecule has 0 amide bonds. The van der Waals surface area contributed by atoms with Crippen LogP contribution in [0, 0.1) is 23.5 Å². The molecule has 0 heterocycles. The van der Waals surface area contributed by atoms with E-state index in [2.05, 4.69) is 19.2 Å². The first-order valence-electron chi connectivity index (χ1n) is 8.23. The average Bonchev–Trinajstić information content (AvgIpc) is 2.67. The van der Waals surface area contributed by atoms with Crippen molar-refractivity contribution in [3.63, 3.8) is 0 Å². The minimum absolute atomic E-state index is 0.142. The SMILES string of the molecule is CC(C)CNCC1CCCCCC1c1cc(F)ccc1F. The van der Waals surface area contributed by atoms with Crippen molar-refractivity contribution in [2.45, 2.75) is 51.9 Å². The van der Waals surface area contributed by atoms with Crippen LogP contribution in [0.4, 0.5) is 8.78 Å². The van der Waals surface area contributed by atoms with E-state index >= 15 is 0 Å². The van der Waals surface area contributed by atoms with E-state index in [1.165, 1.54) is 31.0 Å². The molecule has 0 saturated heterocycles. The fourth-order valence-corrected chi connectivity index (χ4v) is 3.39. The maximum atomic E-state index is 14.1. The molecule has 1 aromatic rings. The lowest BCUT2D eigenvalue weighted by Crippen LogP contribution is -2.29. The number of rotatable bonds is 5. The van der Waals surface area contributed by atoms with E-state index in [0.29, 0.717) is 17.4 Å². The van der Waals surface area contributed by atoms with E-state index in [9.17, 15) is 8.78 Å². The summed E-state index contributed by atoms with van der Waals surface area (Å²) >= 11 is 0. The summed E-state index contributed by atoms with van der Waals surface area (Å²) in [6, 6.07) is 3.89. The van der Waals surface area contributed by atoms with Gasteiger partial charge in [-0.05, 0) is 67.4 Å². The Balaban J connectivity index is 2.13. The lowest BCUT2D eigenvalue weighted by molar-refractivity contribution is 0.357. The highest BCUT2D eigenvalue weighted by molar-refractivity contribution is 5.24. The molecule has 21 heavy (non-hydrogen) atoms. The second kappa shape index (κ2) is 7.88. The third kappa shape index (κ3) is 4.77. The average molecular weight is 295 g/mol. The van der Waals surface area contributed by atoms with E-state index in [1.807, 2.05) is 0 Å². The molecule has 118 valence electrons. The first-order valence-corrected chi connectivity index (χ1v) is 8.23. The van der Waals surface area contributed by atoms with Gasteiger partial charge in [0, 0.05) is 0 Å². The Morgan fingerprint density at radius 1 is 1.14 bits per heavy atom. The summed E-state index contributed by atoms with van der Waals surface area (Å²) in [5.41, 5.74) is 0.577. The number of hydrogen-bond donors (Lipinski definition) is 1. The first-order chi connectivity index (χ1) is 10.1. The standard InChI is InChI=1S/C18H27F2N/c1-13(2)11-21-12-14-6-4-3-5-7-16(14)17-10-15(19)8-9-18(17)20/h8-10,13-14,16,21H,3-7,11-12H2,1-2H3. The van der Waals surface area contributed by atoms with Crippen LogP contribution in [0.15, 0.2) is 18.2 Å². The van der Waals surface area contributed by atoms with Gasteiger partial charge in [0.15, 0.2) is 0 Å². The Morgan fingerprint density at radius 2 is 1.90 bits per heavy atom. The molecule has 2 rings (SSSR count). The van der Waals surface area contributed by atoms with Crippen molar-refractivity contribution in [1.82, 2.24) is 5.32 Å². The molecule has 0 aromatic heterocycles. The Hall–Kier alpha value is -0.960. The van der Waals surface area contributed by atoms with Crippen molar-refractivity contribution in [1.29, 1.82) is 0 Å². The minimum Gasteiger partial charge on any atom is -0.316 e. The molecule has 0 spiro atoms. The summed E-state index contributed by atoms with van der Waals surface area (Å²) in [7, 11) is 0. The van der Waals surface area contributed by atoms with Gasteiger partial charge in [-0.25, -0.2) is 8.78 Å². The van der Waals surface area contributed by atoms with Crippen LogP contribution >= 0.6 is 0 Å². The lowest BCUT2D eigenvalue weighted by atomic mass is 9.82. The van der Waals surface area contributed by atoms with Crippen LogP contribution in [0.1, 0.15) is 57.4 Å². The summed E-state index contributed by atoms with van der Waals surface area (Å²) in [6.45, 7) is 6.25. The second-order valence-electron chi connectivity index (χ2n) is 6.72. The number of halogens is 2. The molecule has 2 atom stereocenters. The first kappa shape index (κ1) is 16.4. The van der Waals surface area contributed by atoms with Gasteiger partial charge in [-0.1, -0.05) is 33.1 Å². The third-order valence-corrected chi connectivity index (χ3v) is 4.48. The molecule has 1 aromatic carbocycles. The van der Waals surface area contributed by atoms with E-state index in [0.717, 1.165) is 32.4 Å². The summed E-state index contributed by atoms with van der Waals surface area (Å²) in [6.07, 6.45) is 5.58. The quantitative estimate of drug-likeness (QED) is 0.764. The van der Waals surface area contributed by atoms with E-state index in [4.69, 9.17) is 0 Å². The van der Waals surface area contributed by atoms with Gasteiger partial charge in [-0.15, -0.1) is 0 Å². The second-order valence-corrected chi connectivity index (χ2v) is 6.72. The molecular weight excluding hydrogens is 268 g/mol. The molecule has 0 aliphatic heterocycles. The van der Waals surface area contributed by atoms with Crippen LogP contribution in [0.5, 0.6) is 0 Å². The fraction of sp³-hybridized carbons (Fsp3) is 0.667. The third-order valence-electron chi connectivity index (χ3n) is 4.48. The van der Waals surface area contributed by atoms with Gasteiger partial charge >= 0.3 is 0 Å². The molecule has 2 unspecified atom stereocenters. The topological polar surface area (TPSA) is 12.0 Å². The minimum atomic E-state index is -0.329. The highest BCUT2D eigenvalue weighted by Crippen LogP contribution is 2.37. The van der Waals surface area contributed by atoms with Crippen LogP contribution in [-0.4, -0.2) is 13.1 Å². The maximum absolute atomic E-state index is 14.1. The Labute approximate surface area is 127 Å². The van der Waals surface area contributed by atoms with Crippen molar-refractivity contribution in [2.24, 2.45) is 11.8 Å². The maximum Gasteiger partial charge on any atom is 0.126 e. The molecule has 3 heteroatoms. The van der Waals surface area contributed by atoms with Crippen LogP contribution in [0.2, 0.25) is 0 Å². The van der Waals surface area contributed by atoms with Crippen molar-refractivity contribution in [3.8, 4) is 0 Å². The van der Waals surface area contributed by atoms with Crippen LogP contribution in [0.3, 0.4) is 0 Å². The molecule has 0 radical (unpaired) electrons. The Kier molecular flexibility index (Phi) is 6.16. The van der Waals surface area contributed by atoms with E-state index in [1.54, 1.807) is 0 Å². The van der Waals surface area contributed by atoms with Gasteiger partial charge in [-0.3, -0.25) is 0 Å². The van der Waals surface area contributed by atoms with Crippen molar-refractivity contribution < 1.29 is 8.78 Å². The molecule has 1 nitrogen and oxygen atoms in total. The van der Waals surface area contributed by atoms with E-state index in [-0.39, 0.29) is 17.6 Å². The van der Waals surface area contributed by atoms with Gasteiger partial charge in [-0.2, -0.15) is 0 Å². The van der Waals surface area contributed by atoms with Crippen LogP contribution in [-0.2, 0) is 0 Å². The van der Waals surface area contributed by atoms with Crippen LogP contribution in [0.25, 0.3) is 0 Å². The molecule has 1 aliphatic carbocycles. The number of benzene rings is 1. The largest absolute Gasteiger partial charge is 0.316 e. The van der Waals surface area contributed by atoms with Gasteiger partial charge in [0.25, 0.3) is 0 Å². The molecule has 0 bridgehead atoms. The van der Waals surface area contributed by atoms with Gasteiger partial charge in [0.2, 0.25) is 0 Å². The van der Waals surface area contributed by atoms with Crippen molar-refractivity contribution in [2.75, 3.05) is 13.1 Å². The molecular formula is C18H27F2N. The summed E-state index contributed by atoms with van der Waals surface area (Å²) in [5, 5.41) is 3.50. The summed E-state index contributed by atoms with van der Waals surface area (Å²) < 4.78 is 27.6. The Morgan fingerprint density at radius 3 is 2.67 bits per heavy atom. The van der Waals surface area contributed by atoms with Gasteiger partial charge < -0.3 is 5.32 Å². The summed E-state index contributed by atoms with van der Waals surface area (Å²) in [5.74, 6) is 0.576. The van der Waals surface area contributed by atoms with E-state index < -0.39 is 0 Å². The molecule has 1 N–H and O–H groups in total. The van der Waals surface area contributed by atoms with Gasteiger partial charge in [0.05, 0.1) is 0 Å².